The lowest BCUT2D eigenvalue weighted by molar-refractivity contribution is 0.559. The number of aryl methyl sites for hydroxylation is 1. The van der Waals surface area contributed by atoms with Crippen LogP contribution in [-0.4, -0.2) is 13.7 Å². The maximum absolute atomic E-state index is 14.3. The largest absolute Gasteiger partial charge is 0.306 e. The van der Waals surface area contributed by atoms with Crippen molar-refractivity contribution >= 4 is 11.1 Å². The first-order chi connectivity index (χ1) is 12.5. The minimum absolute atomic E-state index is 0.175. The van der Waals surface area contributed by atoms with Crippen molar-refractivity contribution in [3.8, 4) is 28.5 Å². The second-order valence-electron chi connectivity index (χ2n) is 5.81. The van der Waals surface area contributed by atoms with Crippen LogP contribution in [-0.2, 0) is 16.8 Å². The van der Waals surface area contributed by atoms with Crippen molar-refractivity contribution in [1.29, 1.82) is 5.26 Å². The Morgan fingerprint density at radius 2 is 1.96 bits per heavy atom. The molecule has 1 unspecified atom stereocenters. The number of aromatic nitrogens is 1. The maximum atomic E-state index is 14.3. The molecule has 2 aromatic carbocycles. The van der Waals surface area contributed by atoms with E-state index in [9.17, 15) is 13.9 Å². The standard InChI is InChI=1S/C20H15FN2O2S/c1-13-4-5-14(9-17(13)11-22)18-3-2-8-23-20(18)15-6-7-16(12-26(24)25)19(21)10-15/h2-10H,12H2,1H3,(H,24,25). The highest BCUT2D eigenvalue weighted by atomic mass is 32.2. The van der Waals surface area contributed by atoms with Gasteiger partial charge in [-0.2, -0.15) is 5.26 Å². The van der Waals surface area contributed by atoms with E-state index in [1.54, 1.807) is 24.4 Å². The van der Waals surface area contributed by atoms with Crippen LogP contribution < -0.4 is 0 Å². The van der Waals surface area contributed by atoms with Gasteiger partial charge in [0.25, 0.3) is 0 Å². The van der Waals surface area contributed by atoms with Gasteiger partial charge in [0.05, 0.1) is 23.1 Å². The third-order valence-corrected chi connectivity index (χ3v) is 4.64. The molecular weight excluding hydrogens is 351 g/mol. The monoisotopic (exact) mass is 366 g/mol. The first-order valence-corrected chi connectivity index (χ1v) is 9.09. The van der Waals surface area contributed by atoms with E-state index < -0.39 is 16.9 Å². The molecule has 1 atom stereocenters. The third-order valence-electron chi connectivity index (χ3n) is 4.08. The summed E-state index contributed by atoms with van der Waals surface area (Å²) >= 11 is -2.10. The summed E-state index contributed by atoms with van der Waals surface area (Å²) in [6, 6.07) is 15.8. The zero-order valence-corrected chi connectivity index (χ0v) is 14.8. The Balaban J connectivity index is 2.10. The smallest absolute Gasteiger partial charge is 0.157 e. The number of halogens is 1. The molecule has 0 spiro atoms. The summed E-state index contributed by atoms with van der Waals surface area (Å²) in [5.74, 6) is -0.812. The van der Waals surface area contributed by atoms with Crippen molar-refractivity contribution in [2.45, 2.75) is 12.7 Å². The van der Waals surface area contributed by atoms with Crippen LogP contribution in [0.4, 0.5) is 4.39 Å². The number of benzene rings is 2. The molecule has 1 N–H and O–H groups in total. The molecule has 6 heteroatoms. The molecule has 0 bridgehead atoms. The van der Waals surface area contributed by atoms with Crippen molar-refractivity contribution in [1.82, 2.24) is 4.98 Å². The van der Waals surface area contributed by atoms with E-state index in [2.05, 4.69) is 11.1 Å². The van der Waals surface area contributed by atoms with E-state index in [4.69, 9.17) is 4.55 Å². The molecule has 0 saturated carbocycles. The topological polar surface area (TPSA) is 74.0 Å². The third kappa shape index (κ3) is 3.69. The maximum Gasteiger partial charge on any atom is 0.157 e. The Bertz CT molecular complexity index is 1040. The molecule has 3 rings (SSSR count). The summed E-state index contributed by atoms with van der Waals surface area (Å²) in [5.41, 5.74) is 4.37. The van der Waals surface area contributed by atoms with Crippen LogP contribution >= 0.6 is 0 Å². The number of rotatable bonds is 4. The normalized spacial score (nSPS) is 11.8. The number of pyridine rings is 1. The average Bonchev–Trinajstić information content (AvgIpc) is 2.63. The minimum Gasteiger partial charge on any atom is -0.306 e. The quantitative estimate of drug-likeness (QED) is 0.692. The van der Waals surface area contributed by atoms with E-state index in [0.29, 0.717) is 16.8 Å². The fourth-order valence-electron chi connectivity index (χ4n) is 2.72. The molecule has 0 saturated heterocycles. The molecule has 0 aliphatic rings. The van der Waals surface area contributed by atoms with E-state index >= 15 is 0 Å². The van der Waals surface area contributed by atoms with E-state index in [1.807, 2.05) is 25.1 Å². The first-order valence-electron chi connectivity index (χ1n) is 7.82. The lowest BCUT2D eigenvalue weighted by Crippen LogP contribution is -1.98. The van der Waals surface area contributed by atoms with Gasteiger partial charge in [-0.25, -0.2) is 8.60 Å². The van der Waals surface area contributed by atoms with Crippen molar-refractivity contribution < 1.29 is 13.2 Å². The fraction of sp³-hybridized carbons (Fsp3) is 0.100. The van der Waals surface area contributed by atoms with Gasteiger partial charge in [-0.1, -0.05) is 30.3 Å². The van der Waals surface area contributed by atoms with Crippen LogP contribution in [0, 0.1) is 24.1 Å². The van der Waals surface area contributed by atoms with Gasteiger partial charge >= 0.3 is 0 Å². The van der Waals surface area contributed by atoms with Crippen molar-refractivity contribution in [2.75, 3.05) is 0 Å². The van der Waals surface area contributed by atoms with Gasteiger partial charge in [0.15, 0.2) is 11.1 Å². The van der Waals surface area contributed by atoms with Crippen LogP contribution in [0.3, 0.4) is 0 Å². The Morgan fingerprint density at radius 1 is 1.19 bits per heavy atom. The SMILES string of the molecule is Cc1ccc(-c2cccnc2-c2ccc(CS(=O)O)c(F)c2)cc1C#N. The molecule has 3 aromatic rings. The summed E-state index contributed by atoms with van der Waals surface area (Å²) in [6.45, 7) is 1.87. The summed E-state index contributed by atoms with van der Waals surface area (Å²) in [6.07, 6.45) is 1.62. The van der Waals surface area contributed by atoms with Crippen LogP contribution in [0.15, 0.2) is 54.7 Å². The van der Waals surface area contributed by atoms with Gasteiger partial charge in [-0.05, 0) is 36.2 Å². The highest BCUT2D eigenvalue weighted by molar-refractivity contribution is 7.78. The van der Waals surface area contributed by atoms with E-state index in [1.165, 1.54) is 12.1 Å². The van der Waals surface area contributed by atoms with E-state index in [0.717, 1.165) is 16.7 Å². The molecule has 0 fully saturated rings. The molecule has 26 heavy (non-hydrogen) atoms. The van der Waals surface area contributed by atoms with Crippen molar-refractivity contribution in [3.05, 3.63) is 77.2 Å². The van der Waals surface area contributed by atoms with Crippen LogP contribution in [0.2, 0.25) is 0 Å². The summed E-state index contributed by atoms with van der Waals surface area (Å²) in [5, 5.41) is 9.25. The molecule has 0 radical (unpaired) electrons. The van der Waals surface area contributed by atoms with Crippen LogP contribution in [0.25, 0.3) is 22.4 Å². The average molecular weight is 366 g/mol. The molecule has 1 heterocycles. The first kappa shape index (κ1) is 17.9. The summed E-state index contributed by atoms with van der Waals surface area (Å²) in [4.78, 5) is 4.38. The molecule has 0 aliphatic carbocycles. The molecule has 1 aromatic heterocycles. The van der Waals surface area contributed by atoms with Gasteiger partial charge < -0.3 is 4.55 Å². The van der Waals surface area contributed by atoms with Gasteiger partial charge in [0, 0.05) is 22.9 Å². The lowest BCUT2D eigenvalue weighted by Gasteiger charge is -2.11. The number of nitrogens with zero attached hydrogens (tertiary/aromatic N) is 2. The van der Waals surface area contributed by atoms with Crippen molar-refractivity contribution in [2.24, 2.45) is 0 Å². The van der Waals surface area contributed by atoms with Gasteiger partial charge in [-0.3, -0.25) is 4.98 Å². The highest BCUT2D eigenvalue weighted by Crippen LogP contribution is 2.32. The van der Waals surface area contributed by atoms with Gasteiger partial charge in [-0.15, -0.1) is 0 Å². The Kier molecular flexibility index (Phi) is 5.21. The second kappa shape index (κ2) is 7.56. The van der Waals surface area contributed by atoms with E-state index in [-0.39, 0.29) is 11.3 Å². The summed E-state index contributed by atoms with van der Waals surface area (Å²) < 4.78 is 34.1. The summed E-state index contributed by atoms with van der Waals surface area (Å²) in [7, 11) is 0. The predicted molar refractivity (Wildman–Crippen MR) is 99.0 cm³/mol. The van der Waals surface area contributed by atoms with Crippen LogP contribution in [0.1, 0.15) is 16.7 Å². The zero-order valence-electron chi connectivity index (χ0n) is 13.9. The molecule has 4 nitrogen and oxygen atoms in total. The van der Waals surface area contributed by atoms with Gasteiger partial charge in [0.1, 0.15) is 5.82 Å². The number of hydrogen-bond donors (Lipinski definition) is 1. The zero-order chi connectivity index (χ0) is 18.7. The Hall–Kier alpha value is -2.88. The predicted octanol–water partition coefficient (Wildman–Crippen LogP) is 4.46. The Morgan fingerprint density at radius 3 is 2.65 bits per heavy atom. The molecular formula is C20H15FN2O2S. The minimum atomic E-state index is -2.10. The fourth-order valence-corrected chi connectivity index (χ4v) is 3.22. The van der Waals surface area contributed by atoms with Gasteiger partial charge in [0.2, 0.25) is 0 Å². The van der Waals surface area contributed by atoms with Crippen LogP contribution in [0.5, 0.6) is 0 Å². The Labute approximate surface area is 153 Å². The second-order valence-corrected chi connectivity index (χ2v) is 6.74. The number of hydrogen-bond acceptors (Lipinski definition) is 3. The van der Waals surface area contributed by atoms with Crippen molar-refractivity contribution in [3.63, 3.8) is 0 Å². The highest BCUT2D eigenvalue weighted by Gasteiger charge is 2.13. The number of nitriles is 1. The molecule has 0 amide bonds. The molecule has 130 valence electrons. The molecule has 0 aliphatic heterocycles. The lowest BCUT2D eigenvalue weighted by atomic mass is 9.96.